The Morgan fingerprint density at radius 2 is 1.77 bits per heavy atom. The molecule has 1 heterocycles. The van der Waals surface area contributed by atoms with Crippen molar-refractivity contribution in [1.82, 2.24) is 5.32 Å². The first-order valence-electron chi connectivity index (χ1n) is 9.70. The van der Waals surface area contributed by atoms with Crippen molar-refractivity contribution in [3.8, 4) is 0 Å². The summed E-state index contributed by atoms with van der Waals surface area (Å²) >= 11 is 8.37. The fraction of sp³-hybridized carbons (Fsp3) is 0.217. The summed E-state index contributed by atoms with van der Waals surface area (Å²) in [6.45, 7) is 0. The van der Waals surface area contributed by atoms with E-state index in [0.717, 1.165) is 50.2 Å². The van der Waals surface area contributed by atoms with Crippen molar-refractivity contribution in [2.45, 2.75) is 25.3 Å². The molecule has 154 valence electrons. The van der Waals surface area contributed by atoms with E-state index in [0.29, 0.717) is 0 Å². The van der Waals surface area contributed by atoms with E-state index < -0.39 is 0 Å². The van der Waals surface area contributed by atoms with Crippen molar-refractivity contribution in [1.29, 1.82) is 0 Å². The summed E-state index contributed by atoms with van der Waals surface area (Å²) in [4.78, 5) is 16.3. The third kappa shape index (κ3) is 5.07. The van der Waals surface area contributed by atoms with Crippen molar-refractivity contribution in [2.24, 2.45) is 10.7 Å². The summed E-state index contributed by atoms with van der Waals surface area (Å²) in [6.07, 6.45) is 5.34. The Labute approximate surface area is 197 Å². The zero-order valence-corrected chi connectivity index (χ0v) is 20.2. The number of aliphatic imine (C=N–C) groups is 1. The van der Waals surface area contributed by atoms with Gasteiger partial charge in [0.05, 0.1) is 5.75 Å². The molecular weight excluding hydrogens is 526 g/mol. The molecule has 4 nitrogen and oxygen atoms in total. The average molecular weight is 547 g/mol. The van der Waals surface area contributed by atoms with E-state index in [2.05, 4.69) is 79.7 Å². The number of primary amides is 1. The third-order valence-electron chi connectivity index (χ3n) is 5.09. The molecule has 2 aromatic rings. The van der Waals surface area contributed by atoms with Crippen molar-refractivity contribution in [3.63, 3.8) is 0 Å². The molecule has 4 rings (SSSR count). The number of benzene rings is 2. The van der Waals surface area contributed by atoms with Crippen molar-refractivity contribution >= 4 is 60.8 Å². The van der Waals surface area contributed by atoms with Crippen LogP contribution in [0.4, 0.5) is 0 Å². The lowest BCUT2D eigenvalue weighted by molar-refractivity contribution is -0.115. The van der Waals surface area contributed by atoms with E-state index in [1.54, 1.807) is 0 Å². The number of carbonyl (C=O) groups excluding carboxylic acids is 1. The maximum Gasteiger partial charge on any atom is 0.227 e. The fourth-order valence-corrected chi connectivity index (χ4v) is 4.89. The van der Waals surface area contributed by atoms with Crippen molar-refractivity contribution < 1.29 is 4.79 Å². The summed E-state index contributed by atoms with van der Waals surface area (Å²) in [5, 5.41) is 4.24. The van der Waals surface area contributed by atoms with Crippen LogP contribution < -0.4 is 11.1 Å². The monoisotopic (exact) mass is 545 g/mol. The topological polar surface area (TPSA) is 67.5 Å². The minimum atomic E-state index is -0.348. The van der Waals surface area contributed by atoms with Crippen LogP contribution >= 0.6 is 43.6 Å². The van der Waals surface area contributed by atoms with E-state index in [4.69, 9.17) is 10.7 Å². The minimum absolute atomic E-state index is 0.0571. The number of thioether (sulfide) groups is 1. The number of carbonyl (C=O) groups is 1. The number of halogens is 2. The van der Waals surface area contributed by atoms with Crippen LogP contribution in [0.5, 0.6) is 0 Å². The Kier molecular flexibility index (Phi) is 6.80. The Morgan fingerprint density at radius 1 is 1.10 bits per heavy atom. The number of nitrogens with zero attached hydrogens (tertiary/aromatic N) is 1. The van der Waals surface area contributed by atoms with Gasteiger partial charge < -0.3 is 11.1 Å². The number of amidine groups is 1. The van der Waals surface area contributed by atoms with Crippen LogP contribution in [0.3, 0.4) is 0 Å². The summed E-state index contributed by atoms with van der Waals surface area (Å²) in [7, 11) is 0. The number of allylic oxidation sites excluding steroid dienone is 1. The summed E-state index contributed by atoms with van der Waals surface area (Å²) in [6, 6.07) is 16.6. The smallest absolute Gasteiger partial charge is 0.227 e. The van der Waals surface area contributed by atoms with Crippen LogP contribution in [0.2, 0.25) is 0 Å². The Morgan fingerprint density at radius 3 is 2.43 bits per heavy atom. The highest BCUT2D eigenvalue weighted by atomic mass is 79.9. The SMILES string of the molecule is NC(=O)CSC1=N[C@H](c2ccc(Br)cc2)C2=C(N1)/C(=C/c1ccc(Br)cc1)CCC2. The van der Waals surface area contributed by atoms with Crippen LogP contribution in [0, 0.1) is 0 Å². The first-order valence-corrected chi connectivity index (χ1v) is 12.3. The van der Waals surface area contributed by atoms with E-state index >= 15 is 0 Å². The quantitative estimate of drug-likeness (QED) is 0.497. The third-order valence-corrected chi connectivity index (χ3v) is 7.06. The molecule has 0 aromatic heterocycles. The van der Waals surface area contributed by atoms with Gasteiger partial charge in [0.1, 0.15) is 6.04 Å². The van der Waals surface area contributed by atoms with Crippen LogP contribution in [0.1, 0.15) is 36.4 Å². The van der Waals surface area contributed by atoms with Gasteiger partial charge in [-0.2, -0.15) is 0 Å². The Bertz CT molecular complexity index is 1040. The van der Waals surface area contributed by atoms with Gasteiger partial charge in [-0.3, -0.25) is 4.79 Å². The normalized spacial score (nSPS) is 19.9. The van der Waals surface area contributed by atoms with Gasteiger partial charge in [-0.05, 0) is 71.9 Å². The van der Waals surface area contributed by atoms with Gasteiger partial charge >= 0.3 is 0 Å². The molecule has 0 bridgehead atoms. The molecule has 0 spiro atoms. The lowest BCUT2D eigenvalue weighted by atomic mass is 9.84. The molecule has 1 amide bonds. The maximum absolute atomic E-state index is 11.3. The molecule has 2 aliphatic rings. The highest BCUT2D eigenvalue weighted by Gasteiger charge is 2.30. The molecule has 0 fully saturated rings. The van der Waals surface area contributed by atoms with E-state index in [1.807, 2.05) is 12.1 Å². The Hall–Kier alpha value is -1.83. The van der Waals surface area contributed by atoms with Gasteiger partial charge in [0.15, 0.2) is 5.17 Å². The zero-order chi connectivity index (χ0) is 21.1. The van der Waals surface area contributed by atoms with Crippen molar-refractivity contribution in [3.05, 3.63) is 85.4 Å². The maximum atomic E-state index is 11.3. The van der Waals surface area contributed by atoms with Gasteiger partial charge in [-0.1, -0.05) is 67.9 Å². The highest BCUT2D eigenvalue weighted by Crippen LogP contribution is 2.41. The predicted octanol–water partition coefficient (Wildman–Crippen LogP) is 5.95. The molecule has 0 saturated carbocycles. The molecule has 1 aliphatic carbocycles. The molecule has 3 N–H and O–H groups in total. The summed E-state index contributed by atoms with van der Waals surface area (Å²) in [5.41, 5.74) is 11.4. The minimum Gasteiger partial charge on any atom is -0.369 e. The second kappa shape index (κ2) is 9.54. The lowest BCUT2D eigenvalue weighted by Crippen LogP contribution is -2.32. The predicted molar refractivity (Wildman–Crippen MR) is 132 cm³/mol. The molecule has 30 heavy (non-hydrogen) atoms. The number of rotatable bonds is 4. The van der Waals surface area contributed by atoms with E-state index in [1.165, 1.54) is 22.9 Å². The van der Waals surface area contributed by atoms with Gasteiger partial charge in [-0.15, -0.1) is 0 Å². The summed E-state index contributed by atoms with van der Waals surface area (Å²) in [5.74, 6) is -0.147. The van der Waals surface area contributed by atoms with Gasteiger partial charge in [0, 0.05) is 14.6 Å². The largest absolute Gasteiger partial charge is 0.369 e. The van der Waals surface area contributed by atoms with Crippen LogP contribution in [0.15, 0.2) is 79.3 Å². The van der Waals surface area contributed by atoms with Crippen LogP contribution in [-0.4, -0.2) is 16.8 Å². The number of hydrogen-bond acceptors (Lipinski definition) is 4. The first-order chi connectivity index (χ1) is 14.5. The zero-order valence-electron chi connectivity index (χ0n) is 16.2. The van der Waals surface area contributed by atoms with E-state index in [9.17, 15) is 4.79 Å². The fourth-order valence-electron chi connectivity index (χ4n) is 3.73. The molecule has 0 saturated heterocycles. The number of amides is 1. The van der Waals surface area contributed by atoms with Crippen LogP contribution in [-0.2, 0) is 4.79 Å². The second-order valence-corrected chi connectivity index (χ2v) is 10.0. The number of nitrogens with one attached hydrogen (secondary N) is 1. The first kappa shape index (κ1) is 21.4. The van der Waals surface area contributed by atoms with Gasteiger partial charge in [-0.25, -0.2) is 4.99 Å². The van der Waals surface area contributed by atoms with Gasteiger partial charge in [0.2, 0.25) is 5.91 Å². The molecule has 7 heteroatoms. The standard InChI is InChI=1S/C23H21Br2N3OS/c24-17-8-4-14(5-9-17)12-16-2-1-3-19-21(15-6-10-18(25)11-7-15)27-23(28-22(16)19)30-13-20(26)29/h4-12,21H,1-3,13H2,(H2,26,29)(H,27,28)/b16-12+/t21-/m1/s1. The van der Waals surface area contributed by atoms with Gasteiger partial charge in [0.25, 0.3) is 0 Å². The highest BCUT2D eigenvalue weighted by molar-refractivity contribution is 9.10. The number of hydrogen-bond donors (Lipinski definition) is 2. The molecule has 0 radical (unpaired) electrons. The molecule has 0 unspecified atom stereocenters. The molecular formula is C23H21Br2N3OS. The number of nitrogens with two attached hydrogens (primary N) is 1. The summed E-state index contributed by atoms with van der Waals surface area (Å²) < 4.78 is 2.11. The van der Waals surface area contributed by atoms with E-state index in [-0.39, 0.29) is 17.7 Å². The Balaban J connectivity index is 1.74. The van der Waals surface area contributed by atoms with Crippen molar-refractivity contribution in [2.75, 3.05) is 5.75 Å². The molecule has 2 aromatic carbocycles. The lowest BCUT2D eigenvalue weighted by Gasteiger charge is -2.33. The second-order valence-electron chi connectivity index (χ2n) is 7.24. The molecule has 1 aliphatic heterocycles. The van der Waals surface area contributed by atoms with Crippen LogP contribution in [0.25, 0.3) is 6.08 Å². The average Bonchev–Trinajstić information content (AvgIpc) is 2.74. The molecule has 1 atom stereocenters.